The zero-order valence-corrected chi connectivity index (χ0v) is 11.2. The van der Waals surface area contributed by atoms with E-state index in [-0.39, 0.29) is 11.7 Å². The van der Waals surface area contributed by atoms with Crippen LogP contribution in [-0.4, -0.2) is 11.7 Å². The normalized spacial score (nSPS) is 16.8. The van der Waals surface area contributed by atoms with Crippen LogP contribution in [0.2, 0.25) is 0 Å². The lowest BCUT2D eigenvalue weighted by molar-refractivity contribution is 0.123. The molecule has 0 spiro atoms. The van der Waals surface area contributed by atoms with Crippen molar-refractivity contribution in [2.45, 2.75) is 58.7 Å². The van der Waals surface area contributed by atoms with Crippen LogP contribution >= 0.6 is 0 Å². The molecule has 1 heterocycles. The van der Waals surface area contributed by atoms with Gasteiger partial charge in [0.1, 0.15) is 5.60 Å². The third kappa shape index (κ3) is 2.56. The predicted octanol–water partition coefficient (Wildman–Crippen LogP) is 3.97. The molecule has 1 aliphatic rings. The van der Waals surface area contributed by atoms with Gasteiger partial charge in [-0.3, -0.25) is 0 Å². The average Bonchev–Trinajstić information content (AvgIpc) is 2.60. The van der Waals surface area contributed by atoms with E-state index in [0.717, 1.165) is 30.8 Å². The molecule has 2 rings (SSSR count). The Balaban J connectivity index is 2.24. The van der Waals surface area contributed by atoms with Crippen molar-refractivity contribution in [3.8, 4) is 11.5 Å². The quantitative estimate of drug-likeness (QED) is 0.785. The fraction of sp³-hybridized carbons (Fsp3) is 0.600. The van der Waals surface area contributed by atoms with E-state index in [1.54, 1.807) is 0 Å². The standard InChI is InChI=1S/C15H22O2/c1-5-12(6-2)16-13-9-7-8-11-10-15(3,4)17-14(11)13/h7-9,12H,5-6,10H2,1-4H3. The highest BCUT2D eigenvalue weighted by Crippen LogP contribution is 2.42. The number of fused-ring (bicyclic) bond motifs is 1. The van der Waals surface area contributed by atoms with Crippen LogP contribution < -0.4 is 9.47 Å². The topological polar surface area (TPSA) is 18.5 Å². The Morgan fingerprint density at radius 2 is 2.00 bits per heavy atom. The minimum Gasteiger partial charge on any atom is -0.487 e. The van der Waals surface area contributed by atoms with E-state index < -0.39 is 0 Å². The lowest BCUT2D eigenvalue weighted by atomic mass is 10.0. The molecule has 1 aromatic rings. The summed E-state index contributed by atoms with van der Waals surface area (Å²) in [5.74, 6) is 1.85. The van der Waals surface area contributed by atoms with Crippen molar-refractivity contribution in [1.29, 1.82) is 0 Å². The van der Waals surface area contributed by atoms with Gasteiger partial charge in [0.25, 0.3) is 0 Å². The van der Waals surface area contributed by atoms with Crippen LogP contribution in [0.3, 0.4) is 0 Å². The second kappa shape index (κ2) is 4.59. The minimum absolute atomic E-state index is 0.101. The molecule has 1 aromatic carbocycles. The van der Waals surface area contributed by atoms with Crippen molar-refractivity contribution >= 4 is 0 Å². The molecule has 0 aliphatic carbocycles. The SMILES string of the molecule is CCC(CC)Oc1cccc2c1OC(C)(C)C2. The molecule has 94 valence electrons. The molecule has 0 unspecified atom stereocenters. The first-order valence-corrected chi connectivity index (χ1v) is 6.53. The third-order valence-corrected chi connectivity index (χ3v) is 3.26. The van der Waals surface area contributed by atoms with E-state index in [0.29, 0.717) is 0 Å². The summed E-state index contributed by atoms with van der Waals surface area (Å²) in [6, 6.07) is 6.20. The van der Waals surface area contributed by atoms with Gasteiger partial charge in [-0.2, -0.15) is 0 Å². The van der Waals surface area contributed by atoms with E-state index in [2.05, 4.69) is 39.8 Å². The van der Waals surface area contributed by atoms with Crippen molar-refractivity contribution < 1.29 is 9.47 Å². The molecule has 2 nitrogen and oxygen atoms in total. The number of hydrogen-bond acceptors (Lipinski definition) is 2. The summed E-state index contributed by atoms with van der Waals surface area (Å²) in [4.78, 5) is 0. The van der Waals surface area contributed by atoms with Gasteiger partial charge >= 0.3 is 0 Å². The van der Waals surface area contributed by atoms with Crippen LogP contribution in [0.5, 0.6) is 11.5 Å². The molecule has 0 amide bonds. The van der Waals surface area contributed by atoms with Crippen LogP contribution in [0, 0.1) is 0 Å². The molecular weight excluding hydrogens is 212 g/mol. The second-order valence-electron chi connectivity index (χ2n) is 5.34. The van der Waals surface area contributed by atoms with Crippen LogP contribution in [0.15, 0.2) is 18.2 Å². The maximum Gasteiger partial charge on any atom is 0.165 e. The summed E-state index contributed by atoms with van der Waals surface area (Å²) in [6.45, 7) is 8.55. The van der Waals surface area contributed by atoms with Gasteiger partial charge in [-0.15, -0.1) is 0 Å². The summed E-state index contributed by atoms with van der Waals surface area (Å²) in [7, 11) is 0. The van der Waals surface area contributed by atoms with Crippen molar-refractivity contribution in [3.63, 3.8) is 0 Å². The van der Waals surface area contributed by atoms with Crippen LogP contribution in [0.1, 0.15) is 46.1 Å². The van der Waals surface area contributed by atoms with Crippen molar-refractivity contribution in [3.05, 3.63) is 23.8 Å². The molecule has 17 heavy (non-hydrogen) atoms. The van der Waals surface area contributed by atoms with Gasteiger partial charge in [0, 0.05) is 12.0 Å². The number of para-hydroxylation sites is 1. The van der Waals surface area contributed by atoms with Gasteiger partial charge in [0.05, 0.1) is 6.10 Å². The lowest BCUT2D eigenvalue weighted by Crippen LogP contribution is -2.25. The Hall–Kier alpha value is -1.18. The first kappa shape index (κ1) is 12.3. The van der Waals surface area contributed by atoms with Gasteiger partial charge in [-0.1, -0.05) is 26.0 Å². The van der Waals surface area contributed by atoms with Crippen LogP contribution in [-0.2, 0) is 6.42 Å². The molecule has 2 heteroatoms. The number of hydrogen-bond donors (Lipinski definition) is 0. The zero-order chi connectivity index (χ0) is 12.5. The van der Waals surface area contributed by atoms with Gasteiger partial charge in [0.15, 0.2) is 11.5 Å². The van der Waals surface area contributed by atoms with Gasteiger partial charge in [-0.05, 0) is 32.8 Å². The average molecular weight is 234 g/mol. The summed E-state index contributed by atoms with van der Waals surface area (Å²) in [6.07, 6.45) is 3.31. The summed E-state index contributed by atoms with van der Waals surface area (Å²) >= 11 is 0. The van der Waals surface area contributed by atoms with E-state index >= 15 is 0 Å². The van der Waals surface area contributed by atoms with Gasteiger partial charge in [-0.25, -0.2) is 0 Å². The maximum absolute atomic E-state index is 6.02. The molecule has 0 saturated carbocycles. The summed E-state index contributed by atoms with van der Waals surface area (Å²) < 4.78 is 12.0. The number of benzene rings is 1. The van der Waals surface area contributed by atoms with Gasteiger partial charge < -0.3 is 9.47 Å². The highest BCUT2D eigenvalue weighted by Gasteiger charge is 2.32. The number of rotatable bonds is 4. The van der Waals surface area contributed by atoms with Crippen molar-refractivity contribution in [1.82, 2.24) is 0 Å². The van der Waals surface area contributed by atoms with Crippen LogP contribution in [0.25, 0.3) is 0 Å². The monoisotopic (exact) mass is 234 g/mol. The Labute approximate surface area is 104 Å². The van der Waals surface area contributed by atoms with E-state index in [1.165, 1.54) is 5.56 Å². The zero-order valence-electron chi connectivity index (χ0n) is 11.2. The molecule has 0 radical (unpaired) electrons. The molecule has 0 saturated heterocycles. The Morgan fingerprint density at radius 3 is 2.65 bits per heavy atom. The Kier molecular flexibility index (Phi) is 3.32. The highest BCUT2D eigenvalue weighted by molar-refractivity contribution is 5.50. The van der Waals surface area contributed by atoms with Crippen LogP contribution in [0.4, 0.5) is 0 Å². The smallest absolute Gasteiger partial charge is 0.165 e. The molecular formula is C15H22O2. The fourth-order valence-corrected chi connectivity index (χ4v) is 2.32. The second-order valence-corrected chi connectivity index (χ2v) is 5.34. The highest BCUT2D eigenvalue weighted by atomic mass is 16.5. The van der Waals surface area contributed by atoms with Crippen molar-refractivity contribution in [2.75, 3.05) is 0 Å². The van der Waals surface area contributed by atoms with E-state index in [1.807, 2.05) is 6.07 Å². The third-order valence-electron chi connectivity index (χ3n) is 3.26. The molecule has 0 aromatic heterocycles. The Morgan fingerprint density at radius 1 is 1.29 bits per heavy atom. The predicted molar refractivity (Wildman–Crippen MR) is 69.9 cm³/mol. The maximum atomic E-state index is 6.02. The van der Waals surface area contributed by atoms with E-state index in [4.69, 9.17) is 9.47 Å². The minimum atomic E-state index is -0.101. The number of ether oxygens (including phenoxy) is 2. The first-order valence-electron chi connectivity index (χ1n) is 6.53. The largest absolute Gasteiger partial charge is 0.487 e. The van der Waals surface area contributed by atoms with Gasteiger partial charge in [0.2, 0.25) is 0 Å². The molecule has 0 fully saturated rings. The van der Waals surface area contributed by atoms with E-state index in [9.17, 15) is 0 Å². The fourth-order valence-electron chi connectivity index (χ4n) is 2.32. The lowest BCUT2D eigenvalue weighted by Gasteiger charge is -2.20. The molecule has 0 N–H and O–H groups in total. The summed E-state index contributed by atoms with van der Waals surface area (Å²) in [5.41, 5.74) is 1.16. The first-order chi connectivity index (χ1) is 8.05. The summed E-state index contributed by atoms with van der Waals surface area (Å²) in [5, 5.41) is 0. The molecule has 0 bridgehead atoms. The van der Waals surface area contributed by atoms with Crippen molar-refractivity contribution in [2.24, 2.45) is 0 Å². The molecule has 1 aliphatic heterocycles. The Bertz CT molecular complexity index is 392. The molecule has 0 atom stereocenters.